The van der Waals surface area contributed by atoms with Crippen LogP contribution in [0.15, 0.2) is 41.8 Å². The van der Waals surface area contributed by atoms with Crippen LogP contribution < -0.4 is 10.6 Å². The predicted octanol–water partition coefficient (Wildman–Crippen LogP) is 3.21. The van der Waals surface area contributed by atoms with Gasteiger partial charge in [-0.25, -0.2) is 0 Å². The molecular formula is C18H20N2O4S. The van der Waals surface area contributed by atoms with Gasteiger partial charge in [0.2, 0.25) is 5.91 Å². The number of nitrogens with one attached hydrogen (secondary N) is 2. The molecule has 25 heavy (non-hydrogen) atoms. The maximum atomic E-state index is 11.8. The first-order valence-corrected chi connectivity index (χ1v) is 8.76. The van der Waals surface area contributed by atoms with E-state index in [1.165, 1.54) is 11.8 Å². The summed E-state index contributed by atoms with van der Waals surface area (Å²) >= 11 is 1.66. The number of aryl methyl sites for hydroxylation is 1. The number of ether oxygens (including phenoxy) is 1. The molecule has 0 radical (unpaired) electrons. The fraction of sp³-hybridized carbons (Fsp3) is 0.278. The van der Waals surface area contributed by atoms with E-state index in [-0.39, 0.29) is 18.9 Å². The van der Waals surface area contributed by atoms with E-state index in [4.69, 9.17) is 4.74 Å². The molecule has 0 fully saturated rings. The van der Waals surface area contributed by atoms with Crippen LogP contribution >= 0.6 is 11.3 Å². The molecule has 0 saturated carbocycles. The van der Waals surface area contributed by atoms with Crippen LogP contribution in [0, 0.1) is 0 Å². The molecule has 2 N–H and O–H groups in total. The van der Waals surface area contributed by atoms with Crippen LogP contribution in [0.4, 0.5) is 11.4 Å². The summed E-state index contributed by atoms with van der Waals surface area (Å²) in [5, 5.41) is 7.25. The topological polar surface area (TPSA) is 84.5 Å². The second-order valence-corrected chi connectivity index (χ2v) is 6.44. The molecule has 0 saturated heterocycles. The van der Waals surface area contributed by atoms with Crippen LogP contribution in [0.2, 0.25) is 0 Å². The molecule has 2 amide bonds. The molecule has 132 valence electrons. The summed E-state index contributed by atoms with van der Waals surface area (Å²) in [5.74, 6) is -1.01. The zero-order chi connectivity index (χ0) is 18.1. The highest BCUT2D eigenvalue weighted by Crippen LogP contribution is 2.15. The highest BCUT2D eigenvalue weighted by molar-refractivity contribution is 7.09. The SMILES string of the molecule is CC(=O)Nc1cccc(NC(=O)COC(=O)CCCc2cccs2)c1. The molecule has 0 atom stereocenters. The minimum Gasteiger partial charge on any atom is -0.456 e. The first-order chi connectivity index (χ1) is 12.0. The predicted molar refractivity (Wildman–Crippen MR) is 97.6 cm³/mol. The van der Waals surface area contributed by atoms with E-state index in [1.807, 2.05) is 17.5 Å². The highest BCUT2D eigenvalue weighted by Gasteiger charge is 2.09. The number of hydrogen-bond donors (Lipinski definition) is 2. The van der Waals surface area contributed by atoms with Crippen LogP contribution in [-0.4, -0.2) is 24.4 Å². The van der Waals surface area contributed by atoms with E-state index in [0.717, 1.165) is 6.42 Å². The molecule has 2 rings (SSSR count). The number of benzene rings is 1. The summed E-state index contributed by atoms with van der Waals surface area (Å²) in [4.78, 5) is 35.8. The quantitative estimate of drug-likeness (QED) is 0.708. The van der Waals surface area contributed by atoms with Crippen LogP contribution in [-0.2, 0) is 25.5 Å². The van der Waals surface area contributed by atoms with E-state index >= 15 is 0 Å². The molecule has 6 nitrogen and oxygen atoms in total. The van der Waals surface area contributed by atoms with E-state index < -0.39 is 11.9 Å². The molecule has 0 bridgehead atoms. The van der Waals surface area contributed by atoms with E-state index in [0.29, 0.717) is 17.8 Å². The number of esters is 1. The van der Waals surface area contributed by atoms with Gasteiger partial charge in [-0.2, -0.15) is 0 Å². The van der Waals surface area contributed by atoms with Crippen LogP contribution in [0.1, 0.15) is 24.6 Å². The summed E-state index contributed by atoms with van der Waals surface area (Å²) in [6.45, 7) is 1.07. The first kappa shape index (κ1) is 18.7. The van der Waals surface area contributed by atoms with Gasteiger partial charge in [-0.3, -0.25) is 14.4 Å². The van der Waals surface area contributed by atoms with Crippen molar-refractivity contribution in [1.29, 1.82) is 0 Å². The maximum Gasteiger partial charge on any atom is 0.306 e. The lowest BCUT2D eigenvalue weighted by Crippen LogP contribution is -2.21. The van der Waals surface area contributed by atoms with Gasteiger partial charge in [0.05, 0.1) is 0 Å². The largest absolute Gasteiger partial charge is 0.456 e. The number of rotatable bonds is 8. The van der Waals surface area contributed by atoms with E-state index in [2.05, 4.69) is 10.6 Å². The van der Waals surface area contributed by atoms with Crippen LogP contribution in [0.5, 0.6) is 0 Å². The summed E-state index contributed by atoms with van der Waals surface area (Å²) < 4.78 is 4.97. The van der Waals surface area contributed by atoms with E-state index in [1.54, 1.807) is 35.6 Å². The summed E-state index contributed by atoms with van der Waals surface area (Å²) in [6.07, 6.45) is 1.80. The number of anilines is 2. The van der Waals surface area contributed by atoms with Crippen molar-refractivity contribution in [2.75, 3.05) is 17.2 Å². The van der Waals surface area contributed by atoms with Crippen molar-refractivity contribution in [3.05, 3.63) is 46.7 Å². The third-order valence-corrected chi connectivity index (χ3v) is 4.15. The molecule has 0 aliphatic rings. The third-order valence-electron chi connectivity index (χ3n) is 3.22. The second-order valence-electron chi connectivity index (χ2n) is 5.40. The number of amides is 2. The van der Waals surface area contributed by atoms with Gasteiger partial charge in [-0.15, -0.1) is 11.3 Å². The Balaban J connectivity index is 1.69. The Labute approximate surface area is 150 Å². The minimum atomic E-state index is -0.424. The second kappa shape index (κ2) is 9.58. The number of carbonyl (C=O) groups is 3. The minimum absolute atomic E-state index is 0.194. The van der Waals surface area contributed by atoms with Crippen molar-refractivity contribution in [3.63, 3.8) is 0 Å². The monoisotopic (exact) mass is 360 g/mol. The van der Waals surface area contributed by atoms with Crippen LogP contribution in [0.3, 0.4) is 0 Å². The van der Waals surface area contributed by atoms with Crippen molar-refractivity contribution in [3.8, 4) is 0 Å². The molecule has 7 heteroatoms. The highest BCUT2D eigenvalue weighted by atomic mass is 32.1. The molecule has 0 aliphatic carbocycles. The number of carbonyl (C=O) groups excluding carboxylic acids is 3. The Morgan fingerprint density at radius 1 is 1.08 bits per heavy atom. The normalized spacial score (nSPS) is 10.1. The molecule has 1 heterocycles. The van der Waals surface area contributed by atoms with Crippen molar-refractivity contribution in [2.45, 2.75) is 26.2 Å². The summed E-state index contributed by atoms with van der Waals surface area (Å²) in [7, 11) is 0. The average molecular weight is 360 g/mol. The zero-order valence-electron chi connectivity index (χ0n) is 13.9. The summed E-state index contributed by atoms with van der Waals surface area (Å²) in [5.41, 5.74) is 1.10. The van der Waals surface area contributed by atoms with Gasteiger partial charge < -0.3 is 15.4 Å². The lowest BCUT2D eigenvalue weighted by atomic mass is 10.2. The van der Waals surface area contributed by atoms with Gasteiger partial charge in [0.1, 0.15) is 0 Å². The summed E-state index contributed by atoms with van der Waals surface area (Å²) in [6, 6.07) is 10.7. The van der Waals surface area contributed by atoms with Crippen molar-refractivity contribution in [2.24, 2.45) is 0 Å². The number of thiophene rings is 1. The lowest BCUT2D eigenvalue weighted by Gasteiger charge is -2.08. The third kappa shape index (κ3) is 7.17. The fourth-order valence-corrected chi connectivity index (χ4v) is 2.91. The Hall–Kier alpha value is -2.67. The standard InChI is InChI=1S/C18H20N2O4S/c1-13(21)19-14-5-2-6-15(11-14)20-17(22)12-24-18(23)9-3-7-16-8-4-10-25-16/h2,4-6,8,10-11H,3,7,9,12H2,1H3,(H,19,21)(H,20,22). The molecule has 1 aromatic heterocycles. The van der Waals surface area contributed by atoms with Gasteiger partial charge >= 0.3 is 5.97 Å². The lowest BCUT2D eigenvalue weighted by molar-refractivity contribution is -0.147. The van der Waals surface area contributed by atoms with Gasteiger partial charge in [0.25, 0.3) is 5.91 Å². The zero-order valence-corrected chi connectivity index (χ0v) is 14.7. The number of hydrogen-bond acceptors (Lipinski definition) is 5. The molecule has 0 unspecified atom stereocenters. The van der Waals surface area contributed by atoms with Crippen molar-refractivity contribution < 1.29 is 19.1 Å². The maximum absolute atomic E-state index is 11.8. The fourth-order valence-electron chi connectivity index (χ4n) is 2.16. The molecule has 1 aromatic carbocycles. The first-order valence-electron chi connectivity index (χ1n) is 7.88. The Bertz CT molecular complexity index is 728. The molecule has 0 aliphatic heterocycles. The van der Waals surface area contributed by atoms with Gasteiger partial charge in [0, 0.05) is 29.6 Å². The van der Waals surface area contributed by atoms with Crippen LogP contribution in [0.25, 0.3) is 0 Å². The Kier molecular flexibility index (Phi) is 7.16. The van der Waals surface area contributed by atoms with Gasteiger partial charge in [0.15, 0.2) is 6.61 Å². The van der Waals surface area contributed by atoms with Gasteiger partial charge in [-0.05, 0) is 42.5 Å². The van der Waals surface area contributed by atoms with Crippen molar-refractivity contribution in [1.82, 2.24) is 0 Å². The van der Waals surface area contributed by atoms with Crippen molar-refractivity contribution >= 4 is 40.5 Å². The molecule has 2 aromatic rings. The Morgan fingerprint density at radius 3 is 2.52 bits per heavy atom. The molecule has 0 spiro atoms. The molecular weight excluding hydrogens is 340 g/mol. The van der Waals surface area contributed by atoms with E-state index in [9.17, 15) is 14.4 Å². The van der Waals surface area contributed by atoms with Gasteiger partial charge in [-0.1, -0.05) is 12.1 Å². The average Bonchev–Trinajstić information content (AvgIpc) is 3.06. The smallest absolute Gasteiger partial charge is 0.306 e. The Morgan fingerprint density at radius 2 is 1.84 bits per heavy atom.